The van der Waals surface area contributed by atoms with Gasteiger partial charge in [-0.3, -0.25) is 9.59 Å². The Labute approximate surface area is 159 Å². The number of nitrogens with one attached hydrogen (secondary N) is 1. The first kappa shape index (κ1) is 17.4. The van der Waals surface area contributed by atoms with Crippen LogP contribution >= 0.6 is 0 Å². The summed E-state index contributed by atoms with van der Waals surface area (Å²) in [5, 5.41) is 0. The largest absolute Gasteiger partial charge is 0.384 e. The highest BCUT2D eigenvalue weighted by molar-refractivity contribution is 5.93. The summed E-state index contributed by atoms with van der Waals surface area (Å²) < 4.78 is 5.20. The Morgan fingerprint density at radius 1 is 1.26 bits per heavy atom. The molecule has 6 nitrogen and oxygen atoms in total. The van der Waals surface area contributed by atoms with Gasteiger partial charge in [-0.2, -0.15) is 0 Å². The summed E-state index contributed by atoms with van der Waals surface area (Å²) in [4.78, 5) is 35.0. The number of carbonyl (C=O) groups is 1. The SMILES string of the molecule is COC[C@@H]1CCN(C(=O)c2cnc(C34CC5CC(CC(C5)C3)C4)[nH]c2=O)C1. The van der Waals surface area contributed by atoms with E-state index < -0.39 is 0 Å². The normalized spacial score (nSPS) is 37.1. The lowest BCUT2D eigenvalue weighted by Crippen LogP contribution is -2.50. The van der Waals surface area contributed by atoms with Crippen molar-refractivity contribution in [3.63, 3.8) is 0 Å². The molecule has 0 unspecified atom stereocenters. The molecule has 0 spiro atoms. The molecule has 0 radical (unpaired) electrons. The van der Waals surface area contributed by atoms with Crippen LogP contribution < -0.4 is 5.56 Å². The van der Waals surface area contributed by atoms with Crippen molar-refractivity contribution in [1.82, 2.24) is 14.9 Å². The number of carbonyl (C=O) groups excluding carboxylic acids is 1. The second kappa shape index (κ2) is 6.43. The first-order valence-corrected chi connectivity index (χ1v) is 10.4. The van der Waals surface area contributed by atoms with E-state index in [4.69, 9.17) is 4.74 Å². The minimum Gasteiger partial charge on any atom is -0.384 e. The van der Waals surface area contributed by atoms with Crippen LogP contribution in [0, 0.1) is 23.7 Å². The average molecular weight is 371 g/mol. The minimum atomic E-state index is -0.268. The maximum Gasteiger partial charge on any atom is 0.263 e. The predicted molar refractivity (Wildman–Crippen MR) is 101 cm³/mol. The number of likely N-dealkylation sites (tertiary alicyclic amines) is 1. The van der Waals surface area contributed by atoms with Crippen LogP contribution in [-0.4, -0.2) is 47.6 Å². The number of amides is 1. The molecule has 1 N–H and O–H groups in total. The third-order valence-electron chi connectivity index (χ3n) is 7.55. The second-order valence-corrected chi connectivity index (χ2v) is 9.53. The summed E-state index contributed by atoms with van der Waals surface area (Å²) >= 11 is 0. The fourth-order valence-corrected chi connectivity index (χ4v) is 6.78. The Morgan fingerprint density at radius 2 is 1.93 bits per heavy atom. The average Bonchev–Trinajstić information content (AvgIpc) is 3.09. The third-order valence-corrected chi connectivity index (χ3v) is 7.55. The van der Waals surface area contributed by atoms with Gasteiger partial charge in [0.2, 0.25) is 0 Å². The van der Waals surface area contributed by atoms with E-state index in [-0.39, 0.29) is 22.4 Å². The molecule has 5 fully saturated rings. The third kappa shape index (κ3) is 2.93. The molecular weight excluding hydrogens is 342 g/mol. The Balaban J connectivity index is 1.37. The van der Waals surface area contributed by atoms with Crippen molar-refractivity contribution in [3.05, 3.63) is 27.9 Å². The lowest BCUT2D eigenvalue weighted by atomic mass is 9.49. The van der Waals surface area contributed by atoms with Gasteiger partial charge >= 0.3 is 0 Å². The molecule has 1 saturated heterocycles. The molecule has 4 aliphatic carbocycles. The second-order valence-electron chi connectivity index (χ2n) is 9.53. The molecule has 1 atom stereocenters. The zero-order valence-corrected chi connectivity index (χ0v) is 16.1. The van der Waals surface area contributed by atoms with Crippen LogP contribution in [0.3, 0.4) is 0 Å². The van der Waals surface area contributed by atoms with E-state index in [2.05, 4.69) is 9.97 Å². The zero-order valence-electron chi connectivity index (χ0n) is 16.1. The quantitative estimate of drug-likeness (QED) is 0.882. The van der Waals surface area contributed by atoms with Crippen LogP contribution in [0.25, 0.3) is 0 Å². The van der Waals surface area contributed by atoms with E-state index in [1.165, 1.54) is 19.3 Å². The number of H-pyrrole nitrogens is 1. The minimum absolute atomic E-state index is 0.0483. The van der Waals surface area contributed by atoms with E-state index in [1.54, 1.807) is 18.2 Å². The van der Waals surface area contributed by atoms with Gasteiger partial charge in [-0.1, -0.05) is 0 Å². The van der Waals surface area contributed by atoms with Crippen molar-refractivity contribution in [2.45, 2.75) is 50.4 Å². The van der Waals surface area contributed by atoms with Gasteiger partial charge in [-0.25, -0.2) is 4.98 Å². The van der Waals surface area contributed by atoms with Crippen molar-refractivity contribution >= 4 is 5.91 Å². The summed E-state index contributed by atoms with van der Waals surface area (Å²) in [6, 6.07) is 0. The molecule has 5 aliphatic rings. The standard InChI is InChI=1S/C21H29N3O3/c1-27-12-13-2-3-24(11-13)19(26)17-10-22-20(23-18(17)25)21-7-14-4-15(8-21)6-16(5-14)9-21/h10,13-16H,2-9,11-12H2,1H3,(H,22,23,25)/t13-,14?,15?,16?,21?/m1/s1. The highest BCUT2D eigenvalue weighted by atomic mass is 16.5. The molecule has 27 heavy (non-hydrogen) atoms. The molecule has 4 bridgehead atoms. The van der Waals surface area contributed by atoms with E-state index in [0.717, 1.165) is 49.3 Å². The van der Waals surface area contributed by atoms with Gasteiger partial charge in [0.15, 0.2) is 0 Å². The number of hydrogen-bond donors (Lipinski definition) is 1. The molecule has 1 amide bonds. The molecule has 0 aromatic carbocycles. The molecule has 4 saturated carbocycles. The van der Waals surface area contributed by atoms with Gasteiger partial charge in [-0.05, 0) is 62.7 Å². The zero-order chi connectivity index (χ0) is 18.6. The summed E-state index contributed by atoms with van der Waals surface area (Å²) in [6.45, 7) is 2.00. The van der Waals surface area contributed by atoms with Crippen LogP contribution in [0.15, 0.2) is 11.0 Å². The molecule has 146 valence electrons. The van der Waals surface area contributed by atoms with Crippen LogP contribution in [0.2, 0.25) is 0 Å². The van der Waals surface area contributed by atoms with Gasteiger partial charge in [0.05, 0.1) is 6.61 Å². The Morgan fingerprint density at radius 3 is 2.52 bits per heavy atom. The fraction of sp³-hybridized carbons (Fsp3) is 0.762. The van der Waals surface area contributed by atoms with Crippen molar-refractivity contribution in [1.29, 1.82) is 0 Å². The molecule has 1 aliphatic heterocycles. The lowest BCUT2D eigenvalue weighted by Gasteiger charge is -2.56. The summed E-state index contributed by atoms with van der Waals surface area (Å²) in [6.07, 6.45) is 10.0. The van der Waals surface area contributed by atoms with Gasteiger partial charge < -0.3 is 14.6 Å². The number of hydrogen-bond acceptors (Lipinski definition) is 4. The fourth-order valence-electron chi connectivity index (χ4n) is 6.78. The first-order valence-electron chi connectivity index (χ1n) is 10.4. The number of aromatic amines is 1. The smallest absolute Gasteiger partial charge is 0.263 e. The van der Waals surface area contributed by atoms with E-state index in [0.29, 0.717) is 25.6 Å². The number of rotatable bonds is 4. The number of aromatic nitrogens is 2. The first-order chi connectivity index (χ1) is 13.1. The van der Waals surface area contributed by atoms with Crippen LogP contribution in [0.4, 0.5) is 0 Å². The van der Waals surface area contributed by atoms with Crippen molar-refractivity contribution in [2.75, 3.05) is 26.8 Å². The maximum atomic E-state index is 12.8. The van der Waals surface area contributed by atoms with Crippen LogP contribution in [0.5, 0.6) is 0 Å². The van der Waals surface area contributed by atoms with Crippen LogP contribution in [-0.2, 0) is 10.2 Å². The highest BCUT2D eigenvalue weighted by Crippen LogP contribution is 2.59. The predicted octanol–water partition coefficient (Wildman–Crippen LogP) is 2.35. The highest BCUT2D eigenvalue weighted by Gasteiger charge is 2.53. The van der Waals surface area contributed by atoms with Crippen LogP contribution in [0.1, 0.15) is 61.1 Å². The lowest BCUT2D eigenvalue weighted by molar-refractivity contribution is -0.00954. The van der Waals surface area contributed by atoms with Gasteiger partial charge in [0, 0.05) is 37.7 Å². The molecule has 6 rings (SSSR count). The summed E-state index contributed by atoms with van der Waals surface area (Å²) in [7, 11) is 1.68. The van der Waals surface area contributed by atoms with Crippen molar-refractivity contribution in [3.8, 4) is 0 Å². The number of methoxy groups -OCH3 is 1. The Kier molecular flexibility index (Phi) is 4.15. The van der Waals surface area contributed by atoms with Crippen molar-refractivity contribution in [2.24, 2.45) is 23.7 Å². The summed E-state index contributed by atoms with van der Waals surface area (Å²) in [5.41, 5.74) is -0.0374. The number of nitrogens with zero attached hydrogens (tertiary/aromatic N) is 2. The van der Waals surface area contributed by atoms with E-state index >= 15 is 0 Å². The maximum absolute atomic E-state index is 12.8. The monoisotopic (exact) mass is 371 g/mol. The van der Waals surface area contributed by atoms with Crippen molar-refractivity contribution < 1.29 is 9.53 Å². The topological polar surface area (TPSA) is 75.3 Å². The number of ether oxygens (including phenoxy) is 1. The molecular formula is C21H29N3O3. The molecule has 1 aromatic rings. The molecule has 6 heteroatoms. The Bertz CT molecular complexity index is 767. The summed E-state index contributed by atoms with van der Waals surface area (Å²) in [5.74, 6) is 3.39. The Hall–Kier alpha value is -1.69. The van der Waals surface area contributed by atoms with Gasteiger partial charge in [-0.15, -0.1) is 0 Å². The van der Waals surface area contributed by atoms with Gasteiger partial charge in [0.1, 0.15) is 11.4 Å². The van der Waals surface area contributed by atoms with E-state index in [9.17, 15) is 9.59 Å². The van der Waals surface area contributed by atoms with E-state index in [1.807, 2.05) is 0 Å². The van der Waals surface area contributed by atoms with Gasteiger partial charge in [0.25, 0.3) is 11.5 Å². The molecule has 1 aromatic heterocycles. The molecule has 2 heterocycles.